The lowest BCUT2D eigenvalue weighted by molar-refractivity contribution is 0.340. The lowest BCUT2D eigenvalue weighted by atomic mass is 9.94. The van der Waals surface area contributed by atoms with Crippen molar-refractivity contribution in [1.82, 2.24) is 0 Å². The van der Waals surface area contributed by atoms with E-state index >= 15 is 0 Å². The van der Waals surface area contributed by atoms with Crippen molar-refractivity contribution in [3.05, 3.63) is 96.1 Å². The van der Waals surface area contributed by atoms with Crippen molar-refractivity contribution in [2.45, 2.75) is 23.6 Å². The van der Waals surface area contributed by atoms with E-state index in [4.69, 9.17) is 9.47 Å². The molecule has 36 heavy (non-hydrogen) atoms. The number of sulfonamides is 2. The Balaban J connectivity index is 1.69. The van der Waals surface area contributed by atoms with E-state index in [9.17, 15) is 16.8 Å². The Morgan fingerprint density at radius 1 is 0.583 bits per heavy atom. The fraction of sp³-hybridized carbons (Fsp3) is 0.154. The summed E-state index contributed by atoms with van der Waals surface area (Å²) in [5, 5.41) is 0. The van der Waals surface area contributed by atoms with Gasteiger partial charge >= 0.3 is 0 Å². The Hall–Kier alpha value is -3.76. The van der Waals surface area contributed by atoms with Crippen molar-refractivity contribution < 1.29 is 26.3 Å². The van der Waals surface area contributed by atoms with Crippen molar-refractivity contribution in [3.63, 3.8) is 0 Å². The van der Waals surface area contributed by atoms with Crippen molar-refractivity contribution >= 4 is 31.5 Å². The molecule has 0 spiro atoms. The molecule has 0 bridgehead atoms. The van der Waals surface area contributed by atoms with E-state index in [1.165, 1.54) is 36.4 Å². The monoisotopic (exact) mass is 524 g/mol. The third-order valence-corrected chi connectivity index (χ3v) is 7.79. The molecule has 0 aliphatic heterocycles. The summed E-state index contributed by atoms with van der Waals surface area (Å²) < 4.78 is 70.5. The molecule has 4 rings (SSSR count). The van der Waals surface area contributed by atoms with Crippen LogP contribution in [0.25, 0.3) is 0 Å². The average molecular weight is 525 g/mol. The standard InChI is InChI=1S/C26H24N2O6S2/c1-3-33-19-9-13-21(14-10-19)35(29,30)27-25-17-18-26(24-8-6-5-7-23(24)25)28-36(31,32)22-15-11-20(12-16-22)34-4-2/h5-18H,3-4H2,1-2H3. The Morgan fingerprint density at radius 2 is 0.944 bits per heavy atom. The first-order valence-electron chi connectivity index (χ1n) is 11.2. The second kappa shape index (κ2) is 10.5. The number of nitrogens with zero attached hydrogens (tertiary/aromatic N) is 2. The highest BCUT2D eigenvalue weighted by Gasteiger charge is 2.22. The van der Waals surface area contributed by atoms with Gasteiger partial charge in [0.1, 0.15) is 11.5 Å². The maximum Gasteiger partial charge on any atom is 0.282 e. The molecule has 10 heteroatoms. The molecule has 1 aliphatic carbocycles. The van der Waals surface area contributed by atoms with Gasteiger partial charge in [-0.25, -0.2) is 0 Å². The summed E-state index contributed by atoms with van der Waals surface area (Å²) in [6.45, 7) is 4.61. The van der Waals surface area contributed by atoms with Crippen molar-refractivity contribution in [2.24, 2.45) is 8.80 Å². The van der Waals surface area contributed by atoms with Crippen molar-refractivity contribution in [3.8, 4) is 11.5 Å². The number of hydrogen-bond acceptors (Lipinski definition) is 6. The summed E-state index contributed by atoms with van der Waals surface area (Å²) in [6, 6.07) is 18.8. The summed E-state index contributed by atoms with van der Waals surface area (Å²) in [5.74, 6) is 1.11. The summed E-state index contributed by atoms with van der Waals surface area (Å²) in [4.78, 5) is 0.0313. The minimum atomic E-state index is -4.03. The van der Waals surface area contributed by atoms with Crippen LogP contribution in [0.3, 0.4) is 0 Å². The van der Waals surface area contributed by atoms with Gasteiger partial charge in [-0.2, -0.15) is 25.6 Å². The molecule has 8 nitrogen and oxygen atoms in total. The van der Waals surface area contributed by atoms with Gasteiger partial charge in [-0.1, -0.05) is 24.3 Å². The molecule has 0 saturated heterocycles. The van der Waals surface area contributed by atoms with Crippen molar-refractivity contribution in [1.29, 1.82) is 0 Å². The predicted molar refractivity (Wildman–Crippen MR) is 138 cm³/mol. The molecule has 186 valence electrons. The van der Waals surface area contributed by atoms with E-state index < -0.39 is 20.0 Å². The van der Waals surface area contributed by atoms with Crippen LogP contribution < -0.4 is 9.47 Å². The normalized spacial score (nSPS) is 15.6. The first-order valence-corrected chi connectivity index (χ1v) is 14.0. The molecule has 3 aromatic carbocycles. The quantitative estimate of drug-likeness (QED) is 0.432. The van der Waals surface area contributed by atoms with E-state index in [1.807, 2.05) is 13.8 Å². The minimum Gasteiger partial charge on any atom is -0.494 e. The largest absolute Gasteiger partial charge is 0.494 e. The maximum absolute atomic E-state index is 13.0. The number of allylic oxidation sites excluding steroid dienone is 2. The molecule has 0 aromatic heterocycles. The van der Waals surface area contributed by atoms with Crippen LogP contribution in [0.5, 0.6) is 11.5 Å². The van der Waals surface area contributed by atoms with Crippen LogP contribution in [-0.2, 0) is 20.0 Å². The lowest BCUT2D eigenvalue weighted by Crippen LogP contribution is -2.16. The molecule has 0 amide bonds. The van der Waals surface area contributed by atoms with Crippen LogP contribution in [0.2, 0.25) is 0 Å². The Morgan fingerprint density at radius 3 is 1.28 bits per heavy atom. The highest BCUT2D eigenvalue weighted by atomic mass is 32.2. The van der Waals surface area contributed by atoms with Gasteiger partial charge < -0.3 is 9.47 Å². The Bertz CT molecular complexity index is 1440. The fourth-order valence-electron chi connectivity index (χ4n) is 3.54. The minimum absolute atomic E-state index is 0.0156. The van der Waals surface area contributed by atoms with Gasteiger partial charge in [0.05, 0.1) is 34.4 Å². The highest BCUT2D eigenvalue weighted by molar-refractivity contribution is 7.90. The van der Waals surface area contributed by atoms with Gasteiger partial charge in [0.2, 0.25) is 0 Å². The van der Waals surface area contributed by atoms with Gasteiger partial charge in [0.25, 0.3) is 20.0 Å². The second-order valence-electron chi connectivity index (χ2n) is 7.59. The van der Waals surface area contributed by atoms with Crippen LogP contribution in [0.4, 0.5) is 0 Å². The Labute approximate surface area is 210 Å². The molecule has 0 saturated carbocycles. The van der Waals surface area contributed by atoms with Gasteiger partial charge in [-0.05, 0) is 74.5 Å². The SMILES string of the molecule is CCOc1ccc(S(=O)(=O)N=C2C=CC(=NS(=O)(=O)c3ccc(OCC)cc3)c3ccccc32)cc1. The van der Waals surface area contributed by atoms with Crippen LogP contribution in [0.15, 0.2) is 104 Å². The van der Waals surface area contributed by atoms with Crippen LogP contribution in [-0.4, -0.2) is 41.5 Å². The molecule has 3 aromatic rings. The lowest BCUT2D eigenvalue weighted by Gasteiger charge is -2.15. The van der Waals surface area contributed by atoms with Crippen LogP contribution in [0, 0.1) is 0 Å². The van der Waals surface area contributed by atoms with Gasteiger partial charge in [0.15, 0.2) is 0 Å². The molecular formula is C26H24N2O6S2. The zero-order valence-electron chi connectivity index (χ0n) is 19.7. The number of hydrogen-bond donors (Lipinski definition) is 0. The third-order valence-electron chi connectivity index (χ3n) is 5.18. The van der Waals surface area contributed by atoms with Crippen LogP contribution >= 0.6 is 0 Å². The molecular weight excluding hydrogens is 500 g/mol. The summed E-state index contributed by atoms with van der Waals surface area (Å²) >= 11 is 0. The molecule has 1 aliphatic rings. The Kier molecular flexibility index (Phi) is 7.37. The average Bonchev–Trinajstić information content (AvgIpc) is 2.86. The van der Waals surface area contributed by atoms with Gasteiger partial charge in [0, 0.05) is 11.1 Å². The summed E-state index contributed by atoms with van der Waals surface area (Å²) in [6.07, 6.45) is 2.89. The van der Waals surface area contributed by atoms with E-state index in [0.29, 0.717) is 35.8 Å². The molecule has 0 heterocycles. The molecule has 0 radical (unpaired) electrons. The maximum atomic E-state index is 13.0. The summed E-state index contributed by atoms with van der Waals surface area (Å²) in [7, 11) is -8.06. The molecule has 0 unspecified atom stereocenters. The van der Waals surface area contributed by atoms with Crippen molar-refractivity contribution in [2.75, 3.05) is 13.2 Å². The molecule has 0 N–H and O–H groups in total. The molecule has 0 fully saturated rings. The van der Waals surface area contributed by atoms with E-state index in [0.717, 1.165) is 0 Å². The van der Waals surface area contributed by atoms with Gasteiger partial charge in [-0.15, -0.1) is 0 Å². The van der Waals surface area contributed by atoms with E-state index in [-0.39, 0.29) is 21.2 Å². The van der Waals surface area contributed by atoms with E-state index in [1.54, 1.807) is 48.5 Å². The number of fused-ring (bicyclic) bond motifs is 1. The second-order valence-corrected chi connectivity index (χ2v) is 10.8. The first kappa shape index (κ1) is 25.3. The number of benzene rings is 3. The van der Waals surface area contributed by atoms with E-state index in [2.05, 4.69) is 8.80 Å². The fourth-order valence-corrected chi connectivity index (χ4v) is 5.55. The first-order chi connectivity index (χ1) is 17.2. The topological polar surface area (TPSA) is 111 Å². The van der Waals surface area contributed by atoms with Crippen LogP contribution in [0.1, 0.15) is 25.0 Å². The molecule has 0 atom stereocenters. The number of ether oxygens (including phenoxy) is 2. The predicted octanol–water partition coefficient (Wildman–Crippen LogP) is 4.41. The smallest absolute Gasteiger partial charge is 0.282 e. The number of rotatable bonds is 8. The summed E-state index contributed by atoms with van der Waals surface area (Å²) in [5.41, 5.74) is 1.26. The zero-order chi connectivity index (χ0) is 25.8. The third kappa shape index (κ3) is 5.55. The zero-order valence-corrected chi connectivity index (χ0v) is 21.3. The highest BCUT2D eigenvalue weighted by Crippen LogP contribution is 2.24. The van der Waals surface area contributed by atoms with Gasteiger partial charge in [-0.3, -0.25) is 0 Å².